The van der Waals surface area contributed by atoms with Crippen LogP contribution < -0.4 is 5.32 Å². The van der Waals surface area contributed by atoms with E-state index in [0.29, 0.717) is 23.1 Å². The Hall–Kier alpha value is -2.19. The Morgan fingerprint density at radius 3 is 2.91 bits per heavy atom. The minimum Gasteiger partial charge on any atom is -0.479 e. The van der Waals surface area contributed by atoms with E-state index in [0.717, 1.165) is 5.76 Å². The van der Waals surface area contributed by atoms with Crippen LogP contribution in [0.3, 0.4) is 0 Å². The van der Waals surface area contributed by atoms with E-state index in [1.54, 1.807) is 5.38 Å². The predicted molar refractivity (Wildman–Crippen MR) is 82.2 cm³/mol. The molecular weight excluding hydrogens is 320 g/mol. The number of rotatable bonds is 5. The number of hydrogen-bond donors (Lipinski definition) is 2. The molecule has 1 saturated heterocycles. The first kappa shape index (κ1) is 15.7. The van der Waals surface area contributed by atoms with Crippen molar-refractivity contribution in [1.29, 1.82) is 0 Å². The monoisotopic (exact) mass is 336 g/mol. The maximum Gasteiger partial charge on any atom is 0.331 e. The molecule has 122 valence electrons. The van der Waals surface area contributed by atoms with Gasteiger partial charge in [0.1, 0.15) is 5.76 Å². The predicted octanol–water partition coefficient (Wildman–Crippen LogP) is 1.61. The fourth-order valence-corrected chi connectivity index (χ4v) is 3.19. The zero-order valence-corrected chi connectivity index (χ0v) is 13.3. The summed E-state index contributed by atoms with van der Waals surface area (Å²) in [5.74, 6) is -0.0109. The SMILES string of the molecule is Cc1ccc(-c2nc(CC(=O)NC3(C(=O)O)CCOC3)cs2)o1. The number of nitrogens with one attached hydrogen (secondary N) is 1. The number of furan rings is 1. The lowest BCUT2D eigenvalue weighted by atomic mass is 9.99. The Balaban J connectivity index is 1.66. The highest BCUT2D eigenvalue weighted by atomic mass is 32.1. The maximum atomic E-state index is 12.1. The summed E-state index contributed by atoms with van der Waals surface area (Å²) in [5.41, 5.74) is -0.746. The summed E-state index contributed by atoms with van der Waals surface area (Å²) >= 11 is 1.38. The van der Waals surface area contributed by atoms with E-state index >= 15 is 0 Å². The molecule has 0 bridgehead atoms. The maximum absolute atomic E-state index is 12.1. The lowest BCUT2D eigenvalue weighted by molar-refractivity contribution is -0.147. The Morgan fingerprint density at radius 2 is 2.30 bits per heavy atom. The van der Waals surface area contributed by atoms with Gasteiger partial charge in [0.15, 0.2) is 16.3 Å². The number of nitrogens with zero attached hydrogens (tertiary/aromatic N) is 1. The molecule has 0 saturated carbocycles. The summed E-state index contributed by atoms with van der Waals surface area (Å²) in [5, 5.41) is 14.3. The van der Waals surface area contributed by atoms with Gasteiger partial charge in [0, 0.05) is 18.4 Å². The normalized spacial score (nSPS) is 20.6. The smallest absolute Gasteiger partial charge is 0.331 e. The Bertz CT molecular complexity index is 730. The van der Waals surface area contributed by atoms with Crippen LogP contribution in [-0.4, -0.2) is 40.7 Å². The van der Waals surface area contributed by atoms with Gasteiger partial charge in [-0.3, -0.25) is 4.79 Å². The van der Waals surface area contributed by atoms with E-state index in [-0.39, 0.29) is 25.4 Å². The van der Waals surface area contributed by atoms with Crippen LogP contribution in [0.1, 0.15) is 17.9 Å². The third kappa shape index (κ3) is 3.27. The van der Waals surface area contributed by atoms with Gasteiger partial charge in [-0.15, -0.1) is 11.3 Å². The fraction of sp³-hybridized carbons (Fsp3) is 0.400. The van der Waals surface area contributed by atoms with Crippen LogP contribution in [0.15, 0.2) is 21.9 Å². The Kier molecular flexibility index (Phi) is 4.18. The van der Waals surface area contributed by atoms with Crippen LogP contribution >= 0.6 is 11.3 Å². The van der Waals surface area contributed by atoms with Gasteiger partial charge in [0.2, 0.25) is 5.91 Å². The van der Waals surface area contributed by atoms with Gasteiger partial charge in [0.25, 0.3) is 0 Å². The van der Waals surface area contributed by atoms with E-state index in [2.05, 4.69) is 10.3 Å². The summed E-state index contributed by atoms with van der Waals surface area (Å²) in [6, 6.07) is 3.67. The first-order valence-corrected chi connectivity index (χ1v) is 8.00. The minimum absolute atomic E-state index is 0.0118. The second-order valence-electron chi connectivity index (χ2n) is 5.47. The first-order valence-electron chi connectivity index (χ1n) is 7.12. The van der Waals surface area contributed by atoms with E-state index in [1.165, 1.54) is 11.3 Å². The molecule has 2 aromatic rings. The topological polar surface area (TPSA) is 102 Å². The van der Waals surface area contributed by atoms with Gasteiger partial charge in [-0.2, -0.15) is 0 Å². The number of aromatic nitrogens is 1. The number of carbonyl (C=O) groups excluding carboxylic acids is 1. The van der Waals surface area contributed by atoms with Gasteiger partial charge in [-0.1, -0.05) is 0 Å². The third-order valence-electron chi connectivity index (χ3n) is 3.65. The fourth-order valence-electron chi connectivity index (χ4n) is 2.41. The highest BCUT2D eigenvalue weighted by Crippen LogP contribution is 2.26. The number of carboxylic acid groups (broad SMARTS) is 1. The molecule has 0 aromatic carbocycles. The largest absolute Gasteiger partial charge is 0.479 e. The van der Waals surface area contributed by atoms with Gasteiger partial charge in [0.05, 0.1) is 18.7 Å². The summed E-state index contributed by atoms with van der Waals surface area (Å²) in [7, 11) is 0. The number of carbonyl (C=O) groups is 2. The summed E-state index contributed by atoms with van der Waals surface area (Å²) in [6.45, 7) is 2.16. The molecule has 1 unspecified atom stereocenters. The zero-order chi connectivity index (χ0) is 16.4. The molecule has 1 atom stereocenters. The van der Waals surface area contributed by atoms with Crippen LogP contribution in [0, 0.1) is 6.92 Å². The minimum atomic E-state index is -1.33. The molecule has 2 N–H and O–H groups in total. The number of ether oxygens (including phenoxy) is 1. The molecule has 3 rings (SSSR count). The molecule has 0 spiro atoms. The van der Waals surface area contributed by atoms with Crippen molar-refractivity contribution in [3.63, 3.8) is 0 Å². The first-order chi connectivity index (χ1) is 11.0. The summed E-state index contributed by atoms with van der Waals surface area (Å²) < 4.78 is 10.6. The highest BCUT2D eigenvalue weighted by Gasteiger charge is 2.43. The molecule has 2 aromatic heterocycles. The van der Waals surface area contributed by atoms with Gasteiger partial charge >= 0.3 is 5.97 Å². The Labute approximate surface area is 136 Å². The number of hydrogen-bond acceptors (Lipinski definition) is 6. The highest BCUT2D eigenvalue weighted by molar-refractivity contribution is 7.13. The molecule has 7 nitrogen and oxygen atoms in total. The van der Waals surface area contributed by atoms with Gasteiger partial charge in [-0.05, 0) is 19.1 Å². The molecule has 23 heavy (non-hydrogen) atoms. The second kappa shape index (κ2) is 6.13. The molecule has 3 heterocycles. The number of aliphatic carboxylic acids is 1. The second-order valence-corrected chi connectivity index (χ2v) is 6.33. The number of carboxylic acids is 1. The molecule has 1 fully saturated rings. The van der Waals surface area contributed by atoms with Crippen LogP contribution in [0.2, 0.25) is 0 Å². The van der Waals surface area contributed by atoms with E-state index in [4.69, 9.17) is 9.15 Å². The number of amides is 1. The zero-order valence-electron chi connectivity index (χ0n) is 12.5. The van der Waals surface area contributed by atoms with Crippen molar-refractivity contribution in [3.05, 3.63) is 29.0 Å². The van der Waals surface area contributed by atoms with Crippen molar-refractivity contribution >= 4 is 23.2 Å². The van der Waals surface area contributed by atoms with Crippen molar-refractivity contribution in [2.75, 3.05) is 13.2 Å². The van der Waals surface area contributed by atoms with Crippen molar-refractivity contribution in [1.82, 2.24) is 10.3 Å². The summed E-state index contributed by atoms with van der Waals surface area (Å²) in [4.78, 5) is 27.9. The van der Waals surface area contributed by atoms with E-state index < -0.39 is 11.5 Å². The van der Waals surface area contributed by atoms with Crippen molar-refractivity contribution in [2.24, 2.45) is 0 Å². The van der Waals surface area contributed by atoms with Crippen molar-refractivity contribution in [2.45, 2.75) is 25.3 Å². The van der Waals surface area contributed by atoms with Crippen LogP contribution in [0.5, 0.6) is 0 Å². The molecule has 0 aliphatic carbocycles. The number of thiazole rings is 1. The average molecular weight is 336 g/mol. The quantitative estimate of drug-likeness (QED) is 0.860. The molecule has 1 amide bonds. The van der Waals surface area contributed by atoms with Crippen LogP contribution in [0.4, 0.5) is 0 Å². The standard InChI is InChI=1S/C15H16N2O5S/c1-9-2-3-11(22-9)13-16-10(7-23-13)6-12(18)17-15(14(19)20)4-5-21-8-15/h2-3,7H,4-6,8H2,1H3,(H,17,18)(H,19,20). The molecular formula is C15H16N2O5S. The van der Waals surface area contributed by atoms with Gasteiger partial charge < -0.3 is 19.6 Å². The third-order valence-corrected chi connectivity index (χ3v) is 4.56. The van der Waals surface area contributed by atoms with E-state index in [1.807, 2.05) is 19.1 Å². The van der Waals surface area contributed by atoms with E-state index in [9.17, 15) is 14.7 Å². The lowest BCUT2D eigenvalue weighted by Crippen LogP contribution is -2.55. The Morgan fingerprint density at radius 1 is 1.48 bits per heavy atom. The average Bonchev–Trinajstić information content (AvgIpc) is 3.20. The molecule has 8 heteroatoms. The lowest BCUT2D eigenvalue weighted by Gasteiger charge is -2.23. The van der Waals surface area contributed by atoms with Crippen LogP contribution in [0.25, 0.3) is 10.8 Å². The summed E-state index contributed by atoms with van der Waals surface area (Å²) in [6.07, 6.45) is 0.285. The van der Waals surface area contributed by atoms with Crippen molar-refractivity contribution < 1.29 is 23.8 Å². The molecule has 1 aliphatic rings. The van der Waals surface area contributed by atoms with Crippen molar-refractivity contribution in [3.8, 4) is 10.8 Å². The number of aryl methyl sites for hydroxylation is 1. The van der Waals surface area contributed by atoms with Gasteiger partial charge in [-0.25, -0.2) is 9.78 Å². The van der Waals surface area contributed by atoms with Crippen LogP contribution in [-0.2, 0) is 20.7 Å². The molecule has 0 radical (unpaired) electrons. The molecule has 1 aliphatic heterocycles.